The average molecular weight is 351 g/mol. The largest absolute Gasteiger partial charge is 0.445 e. The molecule has 1 aromatic carbocycles. The molecule has 2 saturated carbocycles. The lowest BCUT2D eigenvalue weighted by molar-refractivity contribution is 0.221. The molecule has 1 aromatic heterocycles. The summed E-state index contributed by atoms with van der Waals surface area (Å²) in [4.78, 5) is 2.36. The molecule has 26 heavy (non-hydrogen) atoms. The van der Waals surface area contributed by atoms with Crippen LogP contribution in [-0.4, -0.2) is 31.1 Å². The van der Waals surface area contributed by atoms with Gasteiger partial charge in [0.15, 0.2) is 11.3 Å². The highest BCUT2D eigenvalue weighted by Crippen LogP contribution is 2.39. The molecule has 0 unspecified atom stereocenters. The maximum atomic E-state index is 6.26. The summed E-state index contributed by atoms with van der Waals surface area (Å²) in [5.41, 5.74) is 3.45. The average Bonchev–Trinajstić information content (AvgIpc) is 3.39. The fraction of sp³-hybridized carbons (Fsp3) is 0.565. The quantitative estimate of drug-likeness (QED) is 0.766. The summed E-state index contributed by atoms with van der Waals surface area (Å²) in [5, 5.41) is 5.03. The third-order valence-corrected chi connectivity index (χ3v) is 6.03. The van der Waals surface area contributed by atoms with Gasteiger partial charge in [-0.3, -0.25) is 0 Å². The SMILES string of the molecule is CC#Cc1oc2c(NC3CCC(N(C)C)CC3)cccc2c1CC1CC1. The Morgan fingerprint density at radius 3 is 2.54 bits per heavy atom. The number of hydrogen-bond donors (Lipinski definition) is 1. The molecule has 2 aliphatic rings. The van der Waals surface area contributed by atoms with Crippen LogP contribution in [0.2, 0.25) is 0 Å². The van der Waals surface area contributed by atoms with Crippen LogP contribution in [0, 0.1) is 17.8 Å². The highest BCUT2D eigenvalue weighted by atomic mass is 16.3. The minimum absolute atomic E-state index is 0.537. The van der Waals surface area contributed by atoms with Crippen LogP contribution >= 0.6 is 0 Å². The van der Waals surface area contributed by atoms with Crippen molar-refractivity contribution in [1.29, 1.82) is 0 Å². The van der Waals surface area contributed by atoms with E-state index in [2.05, 4.69) is 54.4 Å². The van der Waals surface area contributed by atoms with Gasteiger partial charge in [-0.2, -0.15) is 0 Å². The summed E-state index contributed by atoms with van der Waals surface area (Å²) in [6, 6.07) is 7.78. The molecule has 0 spiro atoms. The Bertz CT molecular complexity index is 827. The van der Waals surface area contributed by atoms with Crippen molar-refractivity contribution in [3.8, 4) is 11.8 Å². The number of rotatable bonds is 5. The van der Waals surface area contributed by atoms with Gasteiger partial charge in [0.25, 0.3) is 0 Å². The summed E-state index contributed by atoms with van der Waals surface area (Å²) in [6.07, 6.45) is 8.76. The van der Waals surface area contributed by atoms with Crippen LogP contribution in [0.4, 0.5) is 5.69 Å². The standard InChI is InChI=1S/C23H30N2O/c1-4-6-22-20(15-16-9-10-16)19-7-5-8-21(23(19)26-22)24-17-11-13-18(14-12-17)25(2)3/h5,7-8,16-18,24H,9-15H2,1-3H3. The molecule has 1 N–H and O–H groups in total. The third-order valence-electron chi connectivity index (χ3n) is 6.03. The minimum Gasteiger partial charge on any atom is -0.445 e. The van der Waals surface area contributed by atoms with Gasteiger partial charge in [0.1, 0.15) is 0 Å². The zero-order valence-corrected chi connectivity index (χ0v) is 16.3. The zero-order chi connectivity index (χ0) is 18.1. The van der Waals surface area contributed by atoms with E-state index in [1.54, 1.807) is 0 Å². The second-order valence-electron chi connectivity index (χ2n) is 8.23. The molecule has 2 fully saturated rings. The predicted octanol–water partition coefficient (Wildman–Crippen LogP) is 5.04. The van der Waals surface area contributed by atoms with Gasteiger partial charge in [0.2, 0.25) is 0 Å². The van der Waals surface area contributed by atoms with Crippen molar-refractivity contribution in [1.82, 2.24) is 4.90 Å². The molecule has 2 aromatic rings. The Balaban J connectivity index is 1.58. The van der Waals surface area contributed by atoms with Gasteiger partial charge in [0, 0.05) is 23.0 Å². The second-order valence-corrected chi connectivity index (χ2v) is 8.23. The van der Waals surface area contributed by atoms with Crippen LogP contribution in [0.5, 0.6) is 0 Å². The smallest absolute Gasteiger partial charge is 0.181 e. The first kappa shape index (κ1) is 17.5. The van der Waals surface area contributed by atoms with Crippen molar-refractivity contribution in [2.45, 2.75) is 64.0 Å². The predicted molar refractivity (Wildman–Crippen MR) is 109 cm³/mol. The van der Waals surface area contributed by atoms with Crippen molar-refractivity contribution < 1.29 is 4.42 Å². The first-order chi connectivity index (χ1) is 12.7. The lowest BCUT2D eigenvalue weighted by atomic mass is 9.90. The van der Waals surface area contributed by atoms with Crippen molar-refractivity contribution in [2.75, 3.05) is 19.4 Å². The maximum absolute atomic E-state index is 6.26. The third kappa shape index (κ3) is 3.62. The van der Waals surface area contributed by atoms with E-state index in [0.29, 0.717) is 6.04 Å². The van der Waals surface area contributed by atoms with Crippen LogP contribution in [0.15, 0.2) is 22.6 Å². The second kappa shape index (κ2) is 7.37. The monoisotopic (exact) mass is 350 g/mol. The van der Waals surface area contributed by atoms with Gasteiger partial charge >= 0.3 is 0 Å². The van der Waals surface area contributed by atoms with Gasteiger partial charge in [-0.25, -0.2) is 0 Å². The fourth-order valence-corrected chi connectivity index (χ4v) is 4.27. The van der Waals surface area contributed by atoms with E-state index in [9.17, 15) is 0 Å². The van der Waals surface area contributed by atoms with Crippen LogP contribution < -0.4 is 5.32 Å². The van der Waals surface area contributed by atoms with E-state index in [1.807, 2.05) is 6.92 Å². The molecular weight excluding hydrogens is 320 g/mol. The molecule has 138 valence electrons. The lowest BCUT2D eigenvalue weighted by Gasteiger charge is -2.33. The van der Waals surface area contributed by atoms with Gasteiger partial charge in [0.05, 0.1) is 5.69 Å². The first-order valence-corrected chi connectivity index (χ1v) is 10.1. The van der Waals surface area contributed by atoms with Crippen molar-refractivity contribution in [3.05, 3.63) is 29.5 Å². The van der Waals surface area contributed by atoms with Gasteiger partial charge in [-0.1, -0.05) is 18.1 Å². The van der Waals surface area contributed by atoms with E-state index in [1.165, 1.54) is 49.5 Å². The number of furan rings is 1. The number of nitrogens with zero attached hydrogens (tertiary/aromatic N) is 1. The number of fused-ring (bicyclic) bond motifs is 1. The Labute approximate surface area is 157 Å². The van der Waals surface area contributed by atoms with Crippen LogP contribution in [0.3, 0.4) is 0 Å². The molecule has 0 radical (unpaired) electrons. The molecule has 0 aliphatic heterocycles. The molecule has 4 rings (SSSR count). The summed E-state index contributed by atoms with van der Waals surface area (Å²) >= 11 is 0. The van der Waals surface area contributed by atoms with Crippen molar-refractivity contribution in [3.63, 3.8) is 0 Å². The molecule has 1 heterocycles. The zero-order valence-electron chi connectivity index (χ0n) is 16.3. The molecule has 0 bridgehead atoms. The van der Waals surface area contributed by atoms with Crippen LogP contribution in [-0.2, 0) is 6.42 Å². The molecular formula is C23H30N2O. The summed E-state index contributed by atoms with van der Waals surface area (Å²) in [6.45, 7) is 1.89. The molecule has 3 heteroatoms. The maximum Gasteiger partial charge on any atom is 0.181 e. The number of nitrogens with one attached hydrogen (secondary N) is 1. The highest BCUT2D eigenvalue weighted by Gasteiger charge is 2.27. The Morgan fingerprint density at radius 2 is 1.88 bits per heavy atom. The lowest BCUT2D eigenvalue weighted by Crippen LogP contribution is -2.36. The Hall–Kier alpha value is -1.92. The topological polar surface area (TPSA) is 28.4 Å². The van der Waals surface area contributed by atoms with E-state index in [0.717, 1.165) is 35.4 Å². The number of hydrogen-bond acceptors (Lipinski definition) is 3. The molecule has 2 aliphatic carbocycles. The fourth-order valence-electron chi connectivity index (χ4n) is 4.27. The number of benzene rings is 1. The van der Waals surface area contributed by atoms with Gasteiger partial charge in [-0.05, 0) is 83.9 Å². The normalized spacial score (nSPS) is 23.1. The Morgan fingerprint density at radius 1 is 1.12 bits per heavy atom. The Kier molecular flexibility index (Phi) is 4.96. The number of anilines is 1. The van der Waals surface area contributed by atoms with E-state index < -0.39 is 0 Å². The summed E-state index contributed by atoms with van der Waals surface area (Å²) in [5.74, 6) is 7.92. The van der Waals surface area contributed by atoms with Crippen LogP contribution in [0.25, 0.3) is 11.0 Å². The minimum atomic E-state index is 0.537. The molecule has 3 nitrogen and oxygen atoms in total. The van der Waals surface area contributed by atoms with E-state index >= 15 is 0 Å². The number of para-hydroxylation sites is 1. The molecule has 0 amide bonds. The summed E-state index contributed by atoms with van der Waals surface area (Å²) in [7, 11) is 4.39. The van der Waals surface area contributed by atoms with Gasteiger partial charge in [-0.15, -0.1) is 0 Å². The highest BCUT2D eigenvalue weighted by molar-refractivity contribution is 5.93. The van der Waals surface area contributed by atoms with Crippen molar-refractivity contribution in [2.24, 2.45) is 5.92 Å². The van der Waals surface area contributed by atoms with Crippen LogP contribution in [0.1, 0.15) is 56.8 Å². The first-order valence-electron chi connectivity index (χ1n) is 10.1. The molecule has 0 atom stereocenters. The van der Waals surface area contributed by atoms with Gasteiger partial charge < -0.3 is 14.6 Å². The van der Waals surface area contributed by atoms with Crippen molar-refractivity contribution >= 4 is 16.7 Å². The van der Waals surface area contributed by atoms with E-state index in [4.69, 9.17) is 4.42 Å². The summed E-state index contributed by atoms with van der Waals surface area (Å²) < 4.78 is 6.26. The van der Waals surface area contributed by atoms with E-state index in [-0.39, 0.29) is 0 Å². The molecule has 0 saturated heterocycles.